The van der Waals surface area contributed by atoms with Gasteiger partial charge in [-0.15, -0.1) is 0 Å². The minimum Gasteiger partial charge on any atom is -0.421 e. The molecule has 0 unspecified atom stereocenters. The summed E-state index contributed by atoms with van der Waals surface area (Å²) >= 11 is 0. The fraction of sp³-hybridized carbons (Fsp3) is 0.217. The van der Waals surface area contributed by atoms with Crippen molar-refractivity contribution in [3.8, 4) is 5.75 Å². The molecule has 142 valence electrons. The van der Waals surface area contributed by atoms with Crippen molar-refractivity contribution >= 4 is 27.8 Å². The molecule has 4 rings (SSSR count). The zero-order chi connectivity index (χ0) is 19.5. The van der Waals surface area contributed by atoms with Crippen LogP contribution in [0.4, 0.5) is 4.39 Å². The van der Waals surface area contributed by atoms with Gasteiger partial charge in [0, 0.05) is 28.7 Å². The summed E-state index contributed by atoms with van der Waals surface area (Å²) in [4.78, 5) is 17.3. The number of carbonyl (C=O) groups is 1. The zero-order valence-corrected chi connectivity index (χ0v) is 15.6. The molecule has 0 saturated heterocycles. The van der Waals surface area contributed by atoms with Gasteiger partial charge in [0.2, 0.25) is 0 Å². The topological polar surface area (TPSA) is 44.1 Å². The van der Waals surface area contributed by atoms with Crippen LogP contribution in [0.15, 0.2) is 67.0 Å². The Morgan fingerprint density at radius 3 is 2.82 bits per heavy atom. The number of fused-ring (bicyclic) bond motifs is 2. The molecule has 5 heteroatoms. The van der Waals surface area contributed by atoms with Crippen LogP contribution in [0.1, 0.15) is 30.1 Å². The molecule has 0 saturated carbocycles. The molecule has 0 fully saturated rings. The van der Waals surface area contributed by atoms with Gasteiger partial charge in [-0.05, 0) is 24.6 Å². The maximum absolute atomic E-state index is 14.2. The van der Waals surface area contributed by atoms with E-state index in [-0.39, 0.29) is 6.54 Å². The first-order valence-corrected chi connectivity index (χ1v) is 9.45. The van der Waals surface area contributed by atoms with Crippen LogP contribution in [0.25, 0.3) is 21.8 Å². The fourth-order valence-electron chi connectivity index (χ4n) is 3.49. The van der Waals surface area contributed by atoms with Crippen LogP contribution in [-0.4, -0.2) is 21.7 Å². The largest absolute Gasteiger partial charge is 0.421 e. The van der Waals surface area contributed by atoms with E-state index in [0.717, 1.165) is 22.7 Å². The zero-order valence-electron chi connectivity index (χ0n) is 15.6. The number of pyridine rings is 1. The van der Waals surface area contributed by atoms with E-state index in [4.69, 9.17) is 4.74 Å². The summed E-state index contributed by atoms with van der Waals surface area (Å²) in [6.07, 6.45) is 3.68. The number of para-hydroxylation sites is 2. The molecular weight excluding hydrogens is 355 g/mol. The van der Waals surface area contributed by atoms with Gasteiger partial charge in [-0.1, -0.05) is 49.7 Å². The second kappa shape index (κ2) is 7.80. The molecule has 2 aromatic heterocycles. The van der Waals surface area contributed by atoms with Gasteiger partial charge in [0.15, 0.2) is 5.75 Å². The second-order valence-electron chi connectivity index (χ2n) is 6.82. The third-order valence-corrected chi connectivity index (χ3v) is 4.80. The summed E-state index contributed by atoms with van der Waals surface area (Å²) in [5.74, 6) is -0.0618. The van der Waals surface area contributed by atoms with E-state index in [2.05, 4.69) is 4.98 Å². The lowest BCUT2D eigenvalue weighted by Crippen LogP contribution is -2.11. The highest BCUT2D eigenvalue weighted by molar-refractivity contribution is 6.05. The van der Waals surface area contributed by atoms with Gasteiger partial charge in [0.05, 0.1) is 12.1 Å². The Labute approximate surface area is 162 Å². The monoisotopic (exact) mass is 376 g/mol. The molecule has 0 spiro atoms. The molecule has 0 aliphatic carbocycles. The lowest BCUT2D eigenvalue weighted by atomic mass is 10.2. The van der Waals surface area contributed by atoms with Crippen molar-refractivity contribution in [3.05, 3.63) is 72.6 Å². The van der Waals surface area contributed by atoms with Gasteiger partial charge in [-0.3, -0.25) is 4.98 Å². The highest BCUT2D eigenvalue weighted by Crippen LogP contribution is 2.27. The number of carbonyl (C=O) groups excluding carboxylic acids is 1. The molecule has 2 heterocycles. The van der Waals surface area contributed by atoms with Crippen molar-refractivity contribution in [3.63, 3.8) is 0 Å². The van der Waals surface area contributed by atoms with Gasteiger partial charge >= 0.3 is 5.97 Å². The Hall–Kier alpha value is -3.21. The first-order chi connectivity index (χ1) is 13.7. The number of ether oxygens (including phenoxy) is 1. The minimum atomic E-state index is -0.952. The fourth-order valence-corrected chi connectivity index (χ4v) is 3.49. The SMILES string of the molecule is CCC[C@@H](F)Cn1cc(C(=O)Oc2cccc3cccnc23)c2ccccc21. The Morgan fingerprint density at radius 1 is 1.14 bits per heavy atom. The van der Waals surface area contributed by atoms with E-state index in [9.17, 15) is 9.18 Å². The predicted octanol–water partition coefficient (Wildman–Crippen LogP) is 5.55. The van der Waals surface area contributed by atoms with E-state index in [0.29, 0.717) is 23.3 Å². The van der Waals surface area contributed by atoms with Crippen molar-refractivity contribution in [2.75, 3.05) is 0 Å². The summed E-state index contributed by atoms with van der Waals surface area (Å²) in [6, 6.07) is 16.7. The normalized spacial score (nSPS) is 12.4. The number of alkyl halides is 1. The first-order valence-electron chi connectivity index (χ1n) is 9.45. The van der Waals surface area contributed by atoms with E-state index < -0.39 is 12.1 Å². The van der Waals surface area contributed by atoms with Crippen molar-refractivity contribution in [2.24, 2.45) is 0 Å². The van der Waals surface area contributed by atoms with Crippen molar-refractivity contribution in [2.45, 2.75) is 32.5 Å². The van der Waals surface area contributed by atoms with Crippen molar-refractivity contribution in [1.82, 2.24) is 9.55 Å². The highest BCUT2D eigenvalue weighted by atomic mass is 19.1. The number of hydrogen-bond acceptors (Lipinski definition) is 3. The van der Waals surface area contributed by atoms with Crippen molar-refractivity contribution in [1.29, 1.82) is 0 Å². The molecule has 0 amide bonds. The van der Waals surface area contributed by atoms with Gasteiger partial charge in [-0.2, -0.15) is 0 Å². The average molecular weight is 376 g/mol. The Morgan fingerprint density at radius 2 is 1.96 bits per heavy atom. The number of rotatable bonds is 6. The average Bonchev–Trinajstić information content (AvgIpc) is 3.07. The predicted molar refractivity (Wildman–Crippen MR) is 108 cm³/mol. The van der Waals surface area contributed by atoms with Gasteiger partial charge < -0.3 is 9.30 Å². The van der Waals surface area contributed by atoms with Crippen LogP contribution in [0.5, 0.6) is 5.75 Å². The maximum atomic E-state index is 14.2. The van der Waals surface area contributed by atoms with Crippen LogP contribution in [0.3, 0.4) is 0 Å². The van der Waals surface area contributed by atoms with Gasteiger partial charge in [-0.25, -0.2) is 9.18 Å². The smallest absolute Gasteiger partial charge is 0.345 e. The van der Waals surface area contributed by atoms with E-state index in [1.165, 1.54) is 0 Å². The number of nitrogens with zero attached hydrogens (tertiary/aromatic N) is 2. The molecule has 1 atom stereocenters. The Bertz CT molecular complexity index is 1130. The molecule has 4 aromatic rings. The maximum Gasteiger partial charge on any atom is 0.345 e. The summed E-state index contributed by atoms with van der Waals surface area (Å²) < 4.78 is 21.7. The molecule has 28 heavy (non-hydrogen) atoms. The van der Waals surface area contributed by atoms with E-state index in [1.54, 1.807) is 23.0 Å². The summed E-state index contributed by atoms with van der Waals surface area (Å²) in [6.45, 7) is 2.18. The summed E-state index contributed by atoms with van der Waals surface area (Å²) in [5.41, 5.74) is 1.88. The molecule has 0 N–H and O–H groups in total. The number of aromatic nitrogens is 2. The quantitative estimate of drug-likeness (QED) is 0.327. The molecule has 0 radical (unpaired) electrons. The number of hydrogen-bond donors (Lipinski definition) is 0. The van der Waals surface area contributed by atoms with Gasteiger partial charge in [0.25, 0.3) is 0 Å². The lowest BCUT2D eigenvalue weighted by molar-refractivity contribution is 0.0738. The van der Waals surface area contributed by atoms with Crippen molar-refractivity contribution < 1.29 is 13.9 Å². The van der Waals surface area contributed by atoms with Crippen LogP contribution in [0.2, 0.25) is 0 Å². The Balaban J connectivity index is 1.69. The molecule has 0 bridgehead atoms. The summed E-state index contributed by atoms with van der Waals surface area (Å²) in [5, 5.41) is 1.65. The van der Waals surface area contributed by atoms with Crippen LogP contribution in [-0.2, 0) is 6.54 Å². The van der Waals surface area contributed by atoms with Crippen LogP contribution >= 0.6 is 0 Å². The Kier molecular flexibility index (Phi) is 5.06. The third-order valence-electron chi connectivity index (χ3n) is 4.80. The number of esters is 1. The molecule has 2 aromatic carbocycles. The third kappa shape index (κ3) is 3.48. The van der Waals surface area contributed by atoms with Gasteiger partial charge in [0.1, 0.15) is 11.7 Å². The second-order valence-corrected chi connectivity index (χ2v) is 6.82. The molecule has 0 aliphatic rings. The van der Waals surface area contributed by atoms with Crippen LogP contribution in [0, 0.1) is 0 Å². The lowest BCUT2D eigenvalue weighted by Gasteiger charge is -2.09. The summed E-state index contributed by atoms with van der Waals surface area (Å²) in [7, 11) is 0. The highest BCUT2D eigenvalue weighted by Gasteiger charge is 2.19. The van der Waals surface area contributed by atoms with E-state index >= 15 is 0 Å². The molecular formula is C23H21FN2O2. The molecule has 4 nitrogen and oxygen atoms in total. The number of benzene rings is 2. The van der Waals surface area contributed by atoms with Crippen LogP contribution < -0.4 is 4.74 Å². The first kappa shape index (κ1) is 18.2. The van der Waals surface area contributed by atoms with E-state index in [1.807, 2.05) is 55.5 Å². The standard InChI is InChI=1S/C23H21FN2O2/c1-2-7-17(24)14-26-15-19(18-10-3-4-11-20(18)26)23(27)28-21-12-5-8-16-9-6-13-25-22(16)21/h3-6,8-13,15,17H,2,7,14H2,1H3/t17-/m1/s1. The molecule has 0 aliphatic heterocycles. The minimum absolute atomic E-state index is 0.220. The number of halogens is 1.